The first-order chi connectivity index (χ1) is 19.9. The fourth-order valence-electron chi connectivity index (χ4n) is 6.30. The molecule has 1 unspecified atom stereocenters. The summed E-state index contributed by atoms with van der Waals surface area (Å²) in [6, 6.07) is 20.9. The Morgan fingerprint density at radius 2 is 1.57 bits per heavy atom. The number of carbonyl (C=O) groups excluding carboxylic acids is 1. The summed E-state index contributed by atoms with van der Waals surface area (Å²) in [7, 11) is 1.74. The van der Waals surface area contributed by atoms with E-state index in [1.807, 2.05) is 13.8 Å². The molecule has 0 radical (unpaired) electrons. The van der Waals surface area contributed by atoms with E-state index < -0.39 is 28.7 Å². The maximum absolute atomic E-state index is 14.5. The Balaban J connectivity index is 1.39. The van der Waals surface area contributed by atoms with Gasteiger partial charge in [0, 0.05) is 35.5 Å². The topological polar surface area (TPSA) is 59.8 Å². The van der Waals surface area contributed by atoms with Gasteiger partial charge in [0.2, 0.25) is 11.2 Å². The summed E-state index contributed by atoms with van der Waals surface area (Å²) in [6.07, 6.45) is -1.48. The Morgan fingerprint density at radius 3 is 2.31 bits per heavy atom. The molecule has 5 aromatic rings. The number of benzene rings is 4. The second kappa shape index (κ2) is 8.58. The third kappa shape index (κ3) is 3.50. The van der Waals surface area contributed by atoms with E-state index in [0.29, 0.717) is 27.6 Å². The Bertz CT molecular complexity index is 2040. The lowest BCUT2D eigenvalue weighted by Gasteiger charge is -2.46. The SMILES string of the molecule is CN1c2cc3oc4ccccc4c(=O)c3cc2C(C)(C)C12C=Cc1cc(C(=O)c3ccccc3)cc(C(F)(F)F)c1O2. The molecular formula is C34H24F3NO4. The van der Waals surface area contributed by atoms with E-state index in [9.17, 15) is 22.8 Å². The third-order valence-corrected chi connectivity index (χ3v) is 8.59. The van der Waals surface area contributed by atoms with Crippen LogP contribution in [0.5, 0.6) is 5.75 Å². The van der Waals surface area contributed by atoms with Crippen LogP contribution in [0.4, 0.5) is 18.9 Å². The number of fused-ring (bicyclic) bond motifs is 4. The van der Waals surface area contributed by atoms with Gasteiger partial charge < -0.3 is 14.1 Å². The number of rotatable bonds is 2. The number of likely N-dealkylation sites (N-methyl/N-ethyl adjacent to an activating group) is 1. The Morgan fingerprint density at radius 1 is 0.857 bits per heavy atom. The molecule has 0 saturated carbocycles. The highest BCUT2D eigenvalue weighted by Gasteiger charge is 2.58. The molecule has 1 spiro atoms. The fraction of sp³-hybridized carbons (Fsp3) is 0.176. The molecule has 1 atom stereocenters. The number of anilines is 1. The fourth-order valence-corrected chi connectivity index (χ4v) is 6.30. The molecule has 0 fully saturated rings. The number of hydrogen-bond acceptors (Lipinski definition) is 5. The van der Waals surface area contributed by atoms with Gasteiger partial charge >= 0.3 is 6.18 Å². The van der Waals surface area contributed by atoms with E-state index >= 15 is 0 Å². The van der Waals surface area contributed by atoms with E-state index in [1.54, 1.807) is 90.8 Å². The van der Waals surface area contributed by atoms with Crippen LogP contribution in [0.2, 0.25) is 0 Å². The van der Waals surface area contributed by atoms with Crippen molar-refractivity contribution >= 4 is 39.5 Å². The summed E-state index contributed by atoms with van der Waals surface area (Å²) in [5.74, 6) is -0.869. The first kappa shape index (κ1) is 26.1. The van der Waals surface area contributed by atoms with Crippen LogP contribution in [0, 0.1) is 0 Å². The summed E-state index contributed by atoms with van der Waals surface area (Å²) in [4.78, 5) is 28.3. The predicted octanol–water partition coefficient (Wildman–Crippen LogP) is 7.73. The number of hydrogen-bond donors (Lipinski definition) is 0. The van der Waals surface area contributed by atoms with Gasteiger partial charge in [-0.05, 0) is 61.9 Å². The van der Waals surface area contributed by atoms with Crippen LogP contribution in [-0.2, 0) is 11.6 Å². The molecule has 210 valence electrons. The molecule has 42 heavy (non-hydrogen) atoms. The Kier molecular flexibility index (Phi) is 5.33. The molecule has 1 aromatic heterocycles. The maximum atomic E-state index is 14.5. The quantitative estimate of drug-likeness (QED) is 0.161. The van der Waals surface area contributed by atoms with Crippen LogP contribution in [-0.4, -0.2) is 18.6 Å². The molecular weight excluding hydrogens is 543 g/mol. The molecule has 5 nitrogen and oxygen atoms in total. The second-order valence-electron chi connectivity index (χ2n) is 11.2. The van der Waals surface area contributed by atoms with Gasteiger partial charge in [0.05, 0.1) is 21.8 Å². The minimum atomic E-state index is -4.79. The molecule has 2 aliphatic rings. The summed E-state index contributed by atoms with van der Waals surface area (Å²) in [5.41, 5.74) is -0.901. The van der Waals surface area contributed by atoms with E-state index in [2.05, 4.69) is 0 Å². The van der Waals surface area contributed by atoms with Crippen molar-refractivity contribution in [3.63, 3.8) is 0 Å². The minimum Gasteiger partial charge on any atom is -0.462 e. The van der Waals surface area contributed by atoms with Crippen LogP contribution in [0.25, 0.3) is 28.0 Å². The van der Waals surface area contributed by atoms with Crippen LogP contribution in [0.15, 0.2) is 94.2 Å². The number of halogens is 3. The van der Waals surface area contributed by atoms with Crippen molar-refractivity contribution in [2.75, 3.05) is 11.9 Å². The van der Waals surface area contributed by atoms with Crippen molar-refractivity contribution in [1.29, 1.82) is 0 Å². The highest BCUT2D eigenvalue weighted by Crippen LogP contribution is 2.56. The second-order valence-corrected chi connectivity index (χ2v) is 11.2. The average molecular weight is 568 g/mol. The number of nitrogens with zero attached hydrogens (tertiary/aromatic N) is 1. The third-order valence-electron chi connectivity index (χ3n) is 8.59. The maximum Gasteiger partial charge on any atom is 0.420 e. The zero-order valence-electron chi connectivity index (χ0n) is 22.9. The summed E-state index contributed by atoms with van der Waals surface area (Å²) >= 11 is 0. The molecule has 0 amide bonds. The van der Waals surface area contributed by atoms with Crippen LogP contribution in [0.3, 0.4) is 0 Å². The standard InChI is InChI=1S/C34H24F3NO4/c1-32(2)24-17-23-28(41-27-12-8-7-11-22(27)30(23)40)18-26(24)38(3)33(32)14-13-20-15-21(29(39)19-9-5-4-6-10-19)16-25(31(20)42-33)34(35,36)37/h4-18H,1-3H3. The number of ketones is 1. The van der Waals surface area contributed by atoms with Gasteiger partial charge in [0.25, 0.3) is 0 Å². The van der Waals surface area contributed by atoms with Gasteiger partial charge in [-0.1, -0.05) is 42.5 Å². The van der Waals surface area contributed by atoms with E-state index in [0.717, 1.165) is 11.6 Å². The van der Waals surface area contributed by atoms with Crippen LogP contribution in [0.1, 0.15) is 46.5 Å². The molecule has 0 saturated heterocycles. The zero-order chi connectivity index (χ0) is 29.6. The highest BCUT2D eigenvalue weighted by atomic mass is 19.4. The number of ether oxygens (including phenoxy) is 1. The van der Waals surface area contributed by atoms with Crippen molar-refractivity contribution in [3.05, 3.63) is 123 Å². The Labute approximate surface area is 238 Å². The highest BCUT2D eigenvalue weighted by molar-refractivity contribution is 6.09. The molecule has 0 aliphatic carbocycles. The van der Waals surface area contributed by atoms with Crippen molar-refractivity contribution in [1.82, 2.24) is 0 Å². The lowest BCUT2D eigenvalue weighted by molar-refractivity contribution is -0.140. The lowest BCUT2D eigenvalue weighted by atomic mass is 9.76. The number of alkyl halides is 3. The van der Waals surface area contributed by atoms with Crippen molar-refractivity contribution in [2.45, 2.75) is 31.2 Å². The van der Waals surface area contributed by atoms with E-state index in [1.165, 1.54) is 6.07 Å². The van der Waals surface area contributed by atoms with Gasteiger partial charge in [-0.2, -0.15) is 13.2 Å². The summed E-state index contributed by atoms with van der Waals surface area (Å²) in [6.45, 7) is 3.75. The molecule has 0 N–H and O–H groups in total. The van der Waals surface area contributed by atoms with Crippen molar-refractivity contribution in [3.8, 4) is 5.75 Å². The van der Waals surface area contributed by atoms with E-state index in [-0.39, 0.29) is 27.9 Å². The van der Waals surface area contributed by atoms with E-state index in [4.69, 9.17) is 9.15 Å². The summed E-state index contributed by atoms with van der Waals surface area (Å²) < 4.78 is 56.1. The average Bonchev–Trinajstić information content (AvgIpc) is 3.13. The van der Waals surface area contributed by atoms with Crippen molar-refractivity contribution < 1.29 is 27.1 Å². The monoisotopic (exact) mass is 567 g/mol. The minimum absolute atomic E-state index is 0.0818. The first-order valence-corrected chi connectivity index (χ1v) is 13.4. The predicted molar refractivity (Wildman–Crippen MR) is 155 cm³/mol. The smallest absolute Gasteiger partial charge is 0.420 e. The van der Waals surface area contributed by atoms with Crippen molar-refractivity contribution in [2.24, 2.45) is 0 Å². The normalized spacial score (nSPS) is 18.8. The molecule has 0 bridgehead atoms. The van der Waals surface area contributed by atoms with Gasteiger partial charge in [0.15, 0.2) is 5.78 Å². The first-order valence-electron chi connectivity index (χ1n) is 13.4. The number of carbonyl (C=O) groups is 1. The lowest BCUT2D eigenvalue weighted by Crippen LogP contribution is -2.58. The molecule has 2 aliphatic heterocycles. The molecule has 8 heteroatoms. The van der Waals surface area contributed by atoms with Gasteiger partial charge in [0.1, 0.15) is 16.9 Å². The number of para-hydroxylation sites is 1. The molecule has 3 heterocycles. The van der Waals surface area contributed by atoms with Gasteiger partial charge in [-0.25, -0.2) is 0 Å². The molecule has 4 aromatic carbocycles. The molecule has 7 rings (SSSR count). The summed E-state index contributed by atoms with van der Waals surface area (Å²) in [5, 5.41) is 0.827. The van der Waals surface area contributed by atoms with Gasteiger partial charge in [-0.3, -0.25) is 9.59 Å². The largest absolute Gasteiger partial charge is 0.462 e. The van der Waals surface area contributed by atoms with Gasteiger partial charge in [-0.15, -0.1) is 0 Å². The zero-order valence-corrected chi connectivity index (χ0v) is 22.9. The Hall–Kier alpha value is -4.85. The van der Waals surface area contributed by atoms with Crippen LogP contribution < -0.4 is 15.1 Å². The van der Waals surface area contributed by atoms with Crippen LogP contribution >= 0.6 is 0 Å².